The van der Waals surface area contributed by atoms with Gasteiger partial charge in [-0.1, -0.05) is 30.3 Å². The average Bonchev–Trinajstić information content (AvgIpc) is 2.21. The van der Waals surface area contributed by atoms with Crippen LogP contribution in [0.2, 0.25) is 0 Å². The van der Waals surface area contributed by atoms with Crippen LogP contribution < -0.4 is 0 Å². The van der Waals surface area contributed by atoms with Crippen molar-refractivity contribution in [3.63, 3.8) is 0 Å². The smallest absolute Gasteiger partial charge is 0.0250 e. The molecule has 0 saturated carbocycles. The zero-order chi connectivity index (χ0) is 8.93. The highest BCUT2D eigenvalue weighted by molar-refractivity contribution is 7.38. The highest BCUT2D eigenvalue weighted by Gasteiger charge is 2.13. The normalized spacial score (nSPS) is 24.8. The van der Waals surface area contributed by atoms with Crippen molar-refractivity contribution >= 4 is 8.58 Å². The molecule has 1 heteroatoms. The molecule has 1 aromatic rings. The summed E-state index contributed by atoms with van der Waals surface area (Å²) in [6.07, 6.45) is 7.21. The van der Waals surface area contributed by atoms with Gasteiger partial charge in [-0.05, 0) is 43.1 Å². The third-order valence-corrected chi connectivity index (χ3v) is 4.11. The first kappa shape index (κ1) is 9.21. The molecule has 0 amide bonds. The van der Waals surface area contributed by atoms with E-state index in [1.165, 1.54) is 45.7 Å². The fourth-order valence-electron chi connectivity index (χ4n) is 2.03. The summed E-state index contributed by atoms with van der Waals surface area (Å²) in [7, 11) is 1.25. The zero-order valence-corrected chi connectivity index (χ0v) is 9.00. The Kier molecular flexibility index (Phi) is 3.38. The summed E-state index contributed by atoms with van der Waals surface area (Å²) < 4.78 is 0. The number of hydrogen-bond donors (Lipinski definition) is 0. The van der Waals surface area contributed by atoms with Gasteiger partial charge in [-0.15, -0.1) is 8.58 Å². The van der Waals surface area contributed by atoms with Crippen LogP contribution in [0.3, 0.4) is 0 Å². The predicted molar refractivity (Wildman–Crippen MR) is 60.9 cm³/mol. The second-order valence-corrected chi connectivity index (χ2v) is 5.38. The van der Waals surface area contributed by atoms with E-state index in [2.05, 4.69) is 30.3 Å². The van der Waals surface area contributed by atoms with Gasteiger partial charge in [0.1, 0.15) is 0 Å². The molecule has 1 heterocycles. The predicted octanol–water partition coefficient (Wildman–Crippen LogP) is 3.32. The van der Waals surface area contributed by atoms with Crippen LogP contribution in [-0.4, -0.2) is 12.3 Å². The molecule has 1 fully saturated rings. The Balaban J connectivity index is 1.90. The lowest BCUT2D eigenvalue weighted by Gasteiger charge is -2.21. The first-order chi connectivity index (χ1) is 6.45. The Hall–Kier alpha value is -0.350. The molecule has 70 valence electrons. The molecule has 0 bridgehead atoms. The van der Waals surface area contributed by atoms with Crippen molar-refractivity contribution in [2.45, 2.75) is 19.3 Å². The van der Waals surface area contributed by atoms with E-state index in [1.54, 1.807) is 0 Å². The lowest BCUT2D eigenvalue weighted by molar-refractivity contribution is 0.485. The van der Waals surface area contributed by atoms with Crippen molar-refractivity contribution in [3.05, 3.63) is 35.9 Å². The molecule has 0 aromatic heterocycles. The van der Waals surface area contributed by atoms with Gasteiger partial charge < -0.3 is 0 Å². The average molecular weight is 192 g/mol. The summed E-state index contributed by atoms with van der Waals surface area (Å²) in [5.41, 5.74) is 1.53. The standard InChI is InChI=1S/C12H17P/c1-2-4-11(5-3-1)10-12-6-8-13-9-7-12/h1-5,12-13H,6-10H2. The SMILES string of the molecule is c1ccc(CC2CCPCC2)cc1. The molecule has 1 saturated heterocycles. The minimum atomic E-state index is 0.976. The summed E-state index contributed by atoms with van der Waals surface area (Å²) in [5, 5.41) is 0. The van der Waals surface area contributed by atoms with Gasteiger partial charge in [0.25, 0.3) is 0 Å². The van der Waals surface area contributed by atoms with Gasteiger partial charge in [0, 0.05) is 0 Å². The van der Waals surface area contributed by atoms with Gasteiger partial charge in [0.2, 0.25) is 0 Å². The van der Waals surface area contributed by atoms with Crippen molar-refractivity contribution in [1.82, 2.24) is 0 Å². The second kappa shape index (κ2) is 4.77. The van der Waals surface area contributed by atoms with Crippen molar-refractivity contribution < 1.29 is 0 Å². The topological polar surface area (TPSA) is 0 Å². The van der Waals surface area contributed by atoms with Crippen LogP contribution in [0.25, 0.3) is 0 Å². The van der Waals surface area contributed by atoms with Crippen LogP contribution in [0.15, 0.2) is 30.3 Å². The van der Waals surface area contributed by atoms with Crippen LogP contribution in [0.1, 0.15) is 18.4 Å². The van der Waals surface area contributed by atoms with Gasteiger partial charge in [-0.25, -0.2) is 0 Å². The van der Waals surface area contributed by atoms with E-state index in [9.17, 15) is 0 Å². The third-order valence-electron chi connectivity index (χ3n) is 2.83. The van der Waals surface area contributed by atoms with Crippen LogP contribution in [0.5, 0.6) is 0 Å². The molecule has 0 nitrogen and oxygen atoms in total. The van der Waals surface area contributed by atoms with E-state index < -0.39 is 0 Å². The lowest BCUT2D eigenvalue weighted by Crippen LogP contribution is -2.11. The molecule has 0 unspecified atom stereocenters. The minimum absolute atomic E-state index is 0.976. The van der Waals surface area contributed by atoms with Gasteiger partial charge in [-0.3, -0.25) is 0 Å². The van der Waals surface area contributed by atoms with Gasteiger partial charge >= 0.3 is 0 Å². The Bertz CT molecular complexity index is 237. The maximum atomic E-state index is 2.26. The molecule has 2 rings (SSSR count). The minimum Gasteiger partial charge on any atom is -0.122 e. The number of rotatable bonds is 2. The summed E-state index contributed by atoms with van der Waals surface area (Å²) in [6, 6.07) is 10.9. The fraction of sp³-hybridized carbons (Fsp3) is 0.500. The Morgan fingerprint density at radius 1 is 1.08 bits per heavy atom. The fourth-order valence-corrected chi connectivity index (χ4v) is 3.51. The third kappa shape index (κ3) is 2.81. The van der Waals surface area contributed by atoms with E-state index in [0.29, 0.717) is 0 Å². The Morgan fingerprint density at radius 3 is 2.46 bits per heavy atom. The molecule has 1 aliphatic rings. The summed E-state index contributed by atoms with van der Waals surface area (Å²) in [4.78, 5) is 0. The highest BCUT2D eigenvalue weighted by atomic mass is 31.1. The molecular formula is C12H17P. The van der Waals surface area contributed by atoms with Crippen LogP contribution in [-0.2, 0) is 6.42 Å². The highest BCUT2D eigenvalue weighted by Crippen LogP contribution is 2.29. The molecule has 1 aliphatic heterocycles. The Labute approximate surface area is 82.5 Å². The van der Waals surface area contributed by atoms with Gasteiger partial charge in [0.15, 0.2) is 0 Å². The summed E-state index contributed by atoms with van der Waals surface area (Å²) in [6.45, 7) is 0. The van der Waals surface area contributed by atoms with E-state index in [4.69, 9.17) is 0 Å². The molecule has 0 spiro atoms. The van der Waals surface area contributed by atoms with E-state index >= 15 is 0 Å². The lowest BCUT2D eigenvalue weighted by atomic mass is 9.94. The van der Waals surface area contributed by atoms with E-state index in [0.717, 1.165) is 5.92 Å². The van der Waals surface area contributed by atoms with Crippen molar-refractivity contribution in [1.29, 1.82) is 0 Å². The number of hydrogen-bond acceptors (Lipinski definition) is 0. The zero-order valence-electron chi connectivity index (χ0n) is 8.00. The molecule has 1 aromatic carbocycles. The molecule has 0 aliphatic carbocycles. The van der Waals surface area contributed by atoms with Crippen LogP contribution in [0, 0.1) is 5.92 Å². The van der Waals surface area contributed by atoms with Crippen molar-refractivity contribution in [2.75, 3.05) is 12.3 Å². The second-order valence-electron chi connectivity index (χ2n) is 3.88. The molecular weight excluding hydrogens is 175 g/mol. The monoisotopic (exact) mass is 192 g/mol. The summed E-state index contributed by atoms with van der Waals surface area (Å²) >= 11 is 0. The molecule has 0 atom stereocenters. The quantitative estimate of drug-likeness (QED) is 0.630. The van der Waals surface area contributed by atoms with Gasteiger partial charge in [-0.2, -0.15) is 0 Å². The van der Waals surface area contributed by atoms with E-state index in [-0.39, 0.29) is 0 Å². The van der Waals surface area contributed by atoms with Gasteiger partial charge in [0.05, 0.1) is 0 Å². The largest absolute Gasteiger partial charge is 0.122 e. The first-order valence-corrected chi connectivity index (χ1v) is 6.61. The molecule has 13 heavy (non-hydrogen) atoms. The van der Waals surface area contributed by atoms with Crippen LogP contribution >= 0.6 is 8.58 Å². The summed E-state index contributed by atoms with van der Waals surface area (Å²) in [5.74, 6) is 0.976. The van der Waals surface area contributed by atoms with Crippen LogP contribution in [0.4, 0.5) is 0 Å². The van der Waals surface area contributed by atoms with Crippen molar-refractivity contribution in [2.24, 2.45) is 5.92 Å². The molecule has 0 radical (unpaired) electrons. The first-order valence-electron chi connectivity index (χ1n) is 5.20. The molecule has 0 N–H and O–H groups in total. The Morgan fingerprint density at radius 2 is 1.77 bits per heavy atom. The van der Waals surface area contributed by atoms with E-state index in [1.807, 2.05) is 0 Å². The van der Waals surface area contributed by atoms with Crippen molar-refractivity contribution in [3.8, 4) is 0 Å². The number of benzene rings is 1. The maximum absolute atomic E-state index is 2.26. The maximum Gasteiger partial charge on any atom is -0.0250 e.